The number of halogens is 4. The summed E-state index contributed by atoms with van der Waals surface area (Å²) in [4.78, 5) is 5.11. The van der Waals surface area contributed by atoms with Crippen molar-refractivity contribution >= 4 is 0 Å². The van der Waals surface area contributed by atoms with Gasteiger partial charge < -0.3 is 5.32 Å². The summed E-state index contributed by atoms with van der Waals surface area (Å²) in [7, 11) is 0. The van der Waals surface area contributed by atoms with E-state index in [-0.39, 0.29) is 5.56 Å². The highest BCUT2D eigenvalue weighted by Crippen LogP contribution is 2.34. The van der Waals surface area contributed by atoms with Crippen molar-refractivity contribution in [3.05, 3.63) is 29.8 Å². The molecule has 1 atom stereocenters. The molecule has 1 saturated heterocycles. The minimum Gasteiger partial charge on any atom is -0.314 e. The van der Waals surface area contributed by atoms with Gasteiger partial charge in [-0.25, -0.2) is 4.98 Å². The zero-order valence-electron chi connectivity index (χ0n) is 10.3. The van der Waals surface area contributed by atoms with Crippen molar-refractivity contribution in [2.45, 2.75) is 18.6 Å². The first kappa shape index (κ1) is 14.2. The van der Waals surface area contributed by atoms with Crippen molar-refractivity contribution in [3.63, 3.8) is 0 Å². The van der Waals surface area contributed by atoms with Gasteiger partial charge in [-0.2, -0.15) is 17.6 Å². The fourth-order valence-electron chi connectivity index (χ4n) is 2.30. The average molecular weight is 277 g/mol. The maximum atomic E-state index is 13.6. The Bertz CT molecular complexity index is 416. The standard InChI is InChI=1S/C12H15F4N3/c13-11-9(2-1-3-18-11)10(8-12(14,15)16)19-6-4-17-5-7-19/h1-3,10,17H,4-8H2/t10-/m1/s1. The Morgan fingerprint density at radius 1 is 1.32 bits per heavy atom. The van der Waals surface area contributed by atoms with Crippen LogP contribution >= 0.6 is 0 Å². The lowest BCUT2D eigenvalue weighted by atomic mass is 10.0. The van der Waals surface area contributed by atoms with E-state index in [9.17, 15) is 17.6 Å². The van der Waals surface area contributed by atoms with E-state index < -0.39 is 24.6 Å². The van der Waals surface area contributed by atoms with Gasteiger partial charge in [0.15, 0.2) is 0 Å². The van der Waals surface area contributed by atoms with Crippen molar-refractivity contribution < 1.29 is 17.6 Å². The first-order chi connectivity index (χ1) is 8.97. The number of piperazine rings is 1. The van der Waals surface area contributed by atoms with Gasteiger partial charge in [0, 0.05) is 44.0 Å². The molecule has 0 spiro atoms. The molecule has 0 aromatic carbocycles. The van der Waals surface area contributed by atoms with Crippen LogP contribution in [0.2, 0.25) is 0 Å². The molecule has 19 heavy (non-hydrogen) atoms. The van der Waals surface area contributed by atoms with Gasteiger partial charge in [-0.15, -0.1) is 0 Å². The lowest BCUT2D eigenvalue weighted by Gasteiger charge is -2.35. The summed E-state index contributed by atoms with van der Waals surface area (Å²) < 4.78 is 51.7. The quantitative estimate of drug-likeness (QED) is 0.677. The topological polar surface area (TPSA) is 28.2 Å². The highest BCUT2D eigenvalue weighted by atomic mass is 19.4. The molecule has 2 heterocycles. The molecule has 7 heteroatoms. The van der Waals surface area contributed by atoms with Crippen LogP contribution in [-0.2, 0) is 0 Å². The summed E-state index contributed by atoms with van der Waals surface area (Å²) in [5.41, 5.74) is 0.0155. The molecule has 1 aliphatic heterocycles. The van der Waals surface area contributed by atoms with Crippen molar-refractivity contribution in [3.8, 4) is 0 Å². The molecule has 1 N–H and O–H groups in total. The molecular weight excluding hydrogens is 262 g/mol. The molecule has 0 bridgehead atoms. The molecule has 1 fully saturated rings. The van der Waals surface area contributed by atoms with Crippen molar-refractivity contribution in [1.29, 1.82) is 0 Å². The number of hydrogen-bond acceptors (Lipinski definition) is 3. The third-order valence-electron chi connectivity index (χ3n) is 3.16. The second kappa shape index (κ2) is 5.83. The van der Waals surface area contributed by atoms with Crippen molar-refractivity contribution in [1.82, 2.24) is 15.2 Å². The second-order valence-corrected chi connectivity index (χ2v) is 4.50. The molecule has 1 aliphatic rings. The largest absolute Gasteiger partial charge is 0.390 e. The van der Waals surface area contributed by atoms with Gasteiger partial charge in [0.25, 0.3) is 0 Å². The summed E-state index contributed by atoms with van der Waals surface area (Å²) in [5.74, 6) is -0.824. The van der Waals surface area contributed by atoms with Gasteiger partial charge >= 0.3 is 6.18 Å². The summed E-state index contributed by atoms with van der Waals surface area (Å²) in [6.45, 7) is 2.15. The number of nitrogens with one attached hydrogen (secondary N) is 1. The third kappa shape index (κ3) is 3.87. The van der Waals surface area contributed by atoms with E-state index in [1.165, 1.54) is 18.3 Å². The van der Waals surface area contributed by atoms with Crippen LogP contribution in [0.15, 0.2) is 18.3 Å². The number of nitrogens with zero attached hydrogens (tertiary/aromatic N) is 2. The van der Waals surface area contributed by atoms with Gasteiger partial charge in [0.05, 0.1) is 6.42 Å². The minimum atomic E-state index is -4.34. The summed E-state index contributed by atoms with van der Waals surface area (Å²) in [5, 5.41) is 3.07. The number of alkyl halides is 3. The van der Waals surface area contributed by atoms with Crippen LogP contribution < -0.4 is 5.32 Å². The molecule has 0 aliphatic carbocycles. The number of aromatic nitrogens is 1. The average Bonchev–Trinajstić information content (AvgIpc) is 2.37. The molecule has 0 amide bonds. The zero-order chi connectivity index (χ0) is 13.9. The molecule has 1 aromatic rings. The van der Waals surface area contributed by atoms with Gasteiger partial charge in [-0.3, -0.25) is 4.90 Å². The Balaban J connectivity index is 2.25. The zero-order valence-corrected chi connectivity index (χ0v) is 10.3. The Hall–Kier alpha value is -1.21. The van der Waals surface area contributed by atoms with Crippen LogP contribution in [0.4, 0.5) is 17.6 Å². The normalized spacial score (nSPS) is 19.4. The Kier molecular flexibility index (Phi) is 4.36. The lowest BCUT2D eigenvalue weighted by Crippen LogP contribution is -2.46. The van der Waals surface area contributed by atoms with Crippen molar-refractivity contribution in [2.24, 2.45) is 0 Å². The number of rotatable bonds is 3. The highest BCUT2D eigenvalue weighted by molar-refractivity contribution is 5.16. The molecule has 0 unspecified atom stereocenters. The van der Waals surface area contributed by atoms with Crippen LogP contribution in [0, 0.1) is 5.95 Å². The Labute approximate surface area is 108 Å². The molecule has 0 saturated carbocycles. The Morgan fingerprint density at radius 3 is 2.58 bits per heavy atom. The predicted octanol–water partition coefficient (Wildman–Crippen LogP) is 2.12. The molecular formula is C12H15F4N3. The van der Waals surface area contributed by atoms with Crippen LogP contribution in [0.5, 0.6) is 0 Å². The van der Waals surface area contributed by atoms with Gasteiger partial charge in [0.1, 0.15) is 0 Å². The molecule has 1 aromatic heterocycles. The van der Waals surface area contributed by atoms with E-state index >= 15 is 0 Å². The molecule has 2 rings (SSSR count). The van der Waals surface area contributed by atoms with Crippen LogP contribution in [-0.4, -0.2) is 42.2 Å². The molecule has 106 valence electrons. The Morgan fingerprint density at radius 2 is 2.00 bits per heavy atom. The van der Waals surface area contributed by atoms with Gasteiger partial charge in [-0.1, -0.05) is 6.07 Å². The minimum absolute atomic E-state index is 0.0155. The van der Waals surface area contributed by atoms with E-state index in [4.69, 9.17) is 0 Å². The van der Waals surface area contributed by atoms with E-state index in [1.54, 1.807) is 4.90 Å². The smallest absolute Gasteiger partial charge is 0.314 e. The first-order valence-electron chi connectivity index (χ1n) is 6.09. The second-order valence-electron chi connectivity index (χ2n) is 4.50. The fraction of sp³-hybridized carbons (Fsp3) is 0.583. The van der Waals surface area contributed by atoms with Crippen molar-refractivity contribution in [2.75, 3.05) is 26.2 Å². The van der Waals surface area contributed by atoms with Crippen LogP contribution in [0.25, 0.3) is 0 Å². The molecule has 3 nitrogen and oxygen atoms in total. The predicted molar refractivity (Wildman–Crippen MR) is 62.1 cm³/mol. The van der Waals surface area contributed by atoms with Crippen LogP contribution in [0.1, 0.15) is 18.0 Å². The van der Waals surface area contributed by atoms with Gasteiger partial charge in [0.2, 0.25) is 5.95 Å². The SMILES string of the molecule is Fc1ncccc1[C@@H](CC(F)(F)F)N1CCNCC1. The van der Waals surface area contributed by atoms with E-state index in [1.807, 2.05) is 0 Å². The van der Waals surface area contributed by atoms with Crippen LogP contribution in [0.3, 0.4) is 0 Å². The van der Waals surface area contributed by atoms with E-state index in [0.29, 0.717) is 26.2 Å². The monoisotopic (exact) mass is 277 g/mol. The number of pyridine rings is 1. The van der Waals surface area contributed by atoms with E-state index in [2.05, 4.69) is 10.3 Å². The lowest BCUT2D eigenvalue weighted by molar-refractivity contribution is -0.149. The third-order valence-corrected chi connectivity index (χ3v) is 3.16. The highest BCUT2D eigenvalue weighted by Gasteiger charge is 2.37. The molecule has 0 radical (unpaired) electrons. The maximum Gasteiger partial charge on any atom is 0.390 e. The fourth-order valence-corrected chi connectivity index (χ4v) is 2.30. The first-order valence-corrected chi connectivity index (χ1v) is 6.09. The summed E-state index contributed by atoms with van der Waals surface area (Å²) in [6.07, 6.45) is -4.16. The van der Waals surface area contributed by atoms with E-state index in [0.717, 1.165) is 0 Å². The summed E-state index contributed by atoms with van der Waals surface area (Å²) >= 11 is 0. The maximum absolute atomic E-state index is 13.6. The van der Waals surface area contributed by atoms with Gasteiger partial charge in [-0.05, 0) is 6.07 Å². The number of hydrogen-bond donors (Lipinski definition) is 1. The summed E-state index contributed by atoms with van der Waals surface area (Å²) in [6, 6.07) is 1.83.